The van der Waals surface area contributed by atoms with Gasteiger partial charge in [0.25, 0.3) is 0 Å². The zero-order valence-corrected chi connectivity index (χ0v) is 9.49. The number of rotatable bonds is 4. The summed E-state index contributed by atoms with van der Waals surface area (Å²) < 4.78 is 0. The number of thioether (sulfide) groups is 1. The highest BCUT2D eigenvalue weighted by Gasteiger charge is 2.01. The van der Waals surface area contributed by atoms with Gasteiger partial charge in [0.15, 0.2) is 0 Å². The molecule has 14 heavy (non-hydrogen) atoms. The summed E-state index contributed by atoms with van der Waals surface area (Å²) in [6.07, 6.45) is 0.134. The normalized spacial score (nSPS) is 10.1. The second kappa shape index (κ2) is 5.49. The monoisotopic (exact) mass is 250 g/mol. The van der Waals surface area contributed by atoms with Crippen molar-refractivity contribution < 1.29 is 9.90 Å². The quantitative estimate of drug-likeness (QED) is 0.831. The third-order valence-corrected chi connectivity index (χ3v) is 2.83. The van der Waals surface area contributed by atoms with E-state index in [4.69, 9.17) is 28.3 Å². The Kier molecular flexibility index (Phi) is 4.58. The van der Waals surface area contributed by atoms with E-state index in [9.17, 15) is 4.79 Å². The van der Waals surface area contributed by atoms with E-state index in [1.165, 1.54) is 11.8 Å². The molecule has 0 aliphatic rings. The number of benzene rings is 1. The maximum Gasteiger partial charge on any atom is 0.304 e. The Morgan fingerprint density at radius 1 is 1.29 bits per heavy atom. The van der Waals surface area contributed by atoms with Gasteiger partial charge < -0.3 is 5.11 Å². The molecule has 0 atom stereocenters. The number of hydrogen-bond acceptors (Lipinski definition) is 2. The van der Waals surface area contributed by atoms with E-state index in [1.54, 1.807) is 18.2 Å². The van der Waals surface area contributed by atoms with Gasteiger partial charge in [0.2, 0.25) is 0 Å². The highest BCUT2D eigenvalue weighted by molar-refractivity contribution is 7.99. The van der Waals surface area contributed by atoms with Crippen LogP contribution in [0.2, 0.25) is 10.0 Å². The average molecular weight is 251 g/mol. The molecule has 0 radical (unpaired) electrons. The van der Waals surface area contributed by atoms with Crippen molar-refractivity contribution in [2.24, 2.45) is 0 Å². The fraction of sp³-hybridized carbons (Fsp3) is 0.222. The van der Waals surface area contributed by atoms with Gasteiger partial charge in [0.05, 0.1) is 6.42 Å². The van der Waals surface area contributed by atoms with Gasteiger partial charge >= 0.3 is 5.97 Å². The second-order valence-electron chi connectivity index (χ2n) is 2.60. The van der Waals surface area contributed by atoms with E-state index in [2.05, 4.69) is 0 Å². The molecule has 0 aromatic heterocycles. The van der Waals surface area contributed by atoms with Crippen molar-refractivity contribution in [3.63, 3.8) is 0 Å². The van der Waals surface area contributed by atoms with Crippen LogP contribution in [0.25, 0.3) is 0 Å². The number of carboxylic acid groups (broad SMARTS) is 1. The molecular weight excluding hydrogens is 243 g/mol. The van der Waals surface area contributed by atoms with E-state index in [0.29, 0.717) is 15.8 Å². The first kappa shape index (κ1) is 11.7. The van der Waals surface area contributed by atoms with Crippen LogP contribution in [0, 0.1) is 0 Å². The van der Waals surface area contributed by atoms with Crippen LogP contribution in [0.15, 0.2) is 23.1 Å². The fourth-order valence-corrected chi connectivity index (χ4v) is 2.46. The average Bonchev–Trinajstić information content (AvgIpc) is 2.01. The third kappa shape index (κ3) is 4.22. The van der Waals surface area contributed by atoms with Crippen LogP contribution in [0.3, 0.4) is 0 Å². The Morgan fingerprint density at radius 3 is 2.36 bits per heavy atom. The molecule has 0 aliphatic carbocycles. The zero-order valence-electron chi connectivity index (χ0n) is 7.17. The molecular formula is C9H8Cl2O2S. The van der Waals surface area contributed by atoms with Crippen molar-refractivity contribution in [1.29, 1.82) is 0 Å². The van der Waals surface area contributed by atoms with Crippen molar-refractivity contribution >= 4 is 40.9 Å². The number of hydrogen-bond donors (Lipinski definition) is 1. The highest BCUT2D eigenvalue weighted by Crippen LogP contribution is 2.26. The van der Waals surface area contributed by atoms with E-state index in [1.807, 2.05) is 0 Å². The molecule has 1 aromatic rings. The predicted molar refractivity (Wildman–Crippen MR) is 59.4 cm³/mol. The summed E-state index contributed by atoms with van der Waals surface area (Å²) in [6, 6.07) is 5.17. The summed E-state index contributed by atoms with van der Waals surface area (Å²) in [6.45, 7) is 0. The van der Waals surface area contributed by atoms with Crippen molar-refractivity contribution in [2.75, 3.05) is 5.75 Å². The van der Waals surface area contributed by atoms with E-state index in [0.717, 1.165) is 4.90 Å². The van der Waals surface area contributed by atoms with Crippen LogP contribution in [0.5, 0.6) is 0 Å². The number of aliphatic carboxylic acids is 1. The molecule has 0 amide bonds. The Morgan fingerprint density at radius 2 is 1.86 bits per heavy atom. The molecule has 0 saturated carbocycles. The number of carboxylic acids is 1. The molecule has 1 aromatic carbocycles. The number of carbonyl (C=O) groups is 1. The summed E-state index contributed by atoms with van der Waals surface area (Å²) in [5, 5.41) is 9.57. The number of halogens is 2. The Labute approximate surface area is 96.2 Å². The van der Waals surface area contributed by atoms with Crippen LogP contribution >= 0.6 is 35.0 Å². The minimum Gasteiger partial charge on any atom is -0.481 e. The first-order chi connectivity index (χ1) is 6.58. The zero-order chi connectivity index (χ0) is 10.6. The van der Waals surface area contributed by atoms with Gasteiger partial charge in [0, 0.05) is 20.7 Å². The second-order valence-corrected chi connectivity index (χ2v) is 4.64. The van der Waals surface area contributed by atoms with Crippen LogP contribution in [0.1, 0.15) is 6.42 Å². The summed E-state index contributed by atoms with van der Waals surface area (Å²) >= 11 is 13.0. The molecule has 1 rings (SSSR count). The van der Waals surface area contributed by atoms with E-state index in [-0.39, 0.29) is 6.42 Å². The van der Waals surface area contributed by atoms with Gasteiger partial charge in [-0.15, -0.1) is 11.8 Å². The largest absolute Gasteiger partial charge is 0.481 e. The fourth-order valence-electron chi connectivity index (χ4n) is 0.868. The molecule has 0 aliphatic heterocycles. The minimum atomic E-state index is -0.800. The predicted octanol–water partition coefficient (Wildman–Crippen LogP) is 3.56. The lowest BCUT2D eigenvalue weighted by molar-refractivity contribution is -0.136. The van der Waals surface area contributed by atoms with Crippen molar-refractivity contribution in [3.8, 4) is 0 Å². The molecule has 5 heteroatoms. The van der Waals surface area contributed by atoms with Gasteiger partial charge in [-0.1, -0.05) is 23.2 Å². The summed E-state index contributed by atoms with van der Waals surface area (Å²) in [5.41, 5.74) is 0. The van der Waals surface area contributed by atoms with Gasteiger partial charge in [-0.25, -0.2) is 0 Å². The molecule has 0 fully saturated rings. The minimum absolute atomic E-state index is 0.134. The maximum atomic E-state index is 10.3. The molecule has 0 heterocycles. The molecule has 1 N–H and O–H groups in total. The lowest BCUT2D eigenvalue weighted by Gasteiger charge is -2.01. The van der Waals surface area contributed by atoms with Crippen molar-refractivity contribution in [3.05, 3.63) is 28.2 Å². The topological polar surface area (TPSA) is 37.3 Å². The van der Waals surface area contributed by atoms with Crippen LogP contribution in [-0.2, 0) is 4.79 Å². The molecule has 0 spiro atoms. The third-order valence-electron chi connectivity index (χ3n) is 1.42. The Hall–Kier alpha value is -0.380. The summed E-state index contributed by atoms with van der Waals surface area (Å²) in [4.78, 5) is 11.2. The smallest absolute Gasteiger partial charge is 0.304 e. The maximum absolute atomic E-state index is 10.3. The van der Waals surface area contributed by atoms with Crippen molar-refractivity contribution in [1.82, 2.24) is 0 Å². The lowest BCUT2D eigenvalue weighted by Crippen LogP contribution is -1.95. The first-order valence-corrected chi connectivity index (χ1v) is 5.63. The molecule has 0 bridgehead atoms. The Balaban J connectivity index is 2.54. The molecule has 76 valence electrons. The molecule has 2 nitrogen and oxygen atoms in total. The van der Waals surface area contributed by atoms with E-state index >= 15 is 0 Å². The Bertz CT molecular complexity index is 321. The van der Waals surface area contributed by atoms with Gasteiger partial charge in [-0.3, -0.25) is 4.79 Å². The highest BCUT2D eigenvalue weighted by atomic mass is 35.5. The summed E-state index contributed by atoms with van der Waals surface area (Å²) in [5.74, 6) is -0.281. The van der Waals surface area contributed by atoms with Crippen LogP contribution in [-0.4, -0.2) is 16.8 Å². The van der Waals surface area contributed by atoms with Crippen molar-refractivity contribution in [2.45, 2.75) is 11.3 Å². The van der Waals surface area contributed by atoms with Crippen LogP contribution in [0.4, 0.5) is 0 Å². The summed E-state index contributed by atoms with van der Waals surface area (Å²) in [7, 11) is 0. The van der Waals surface area contributed by atoms with Gasteiger partial charge in [-0.05, 0) is 18.2 Å². The molecule has 0 unspecified atom stereocenters. The van der Waals surface area contributed by atoms with Gasteiger partial charge in [0.1, 0.15) is 0 Å². The standard InChI is InChI=1S/C9H8Cl2O2S/c10-6-3-7(11)5-8(4-6)14-2-1-9(12)13/h3-5H,1-2H2,(H,12,13). The SMILES string of the molecule is O=C(O)CCSc1cc(Cl)cc(Cl)c1. The molecule has 0 saturated heterocycles. The van der Waals surface area contributed by atoms with Gasteiger partial charge in [-0.2, -0.15) is 0 Å². The lowest BCUT2D eigenvalue weighted by atomic mass is 10.4. The van der Waals surface area contributed by atoms with Crippen LogP contribution < -0.4 is 0 Å². The first-order valence-electron chi connectivity index (χ1n) is 3.88. The van der Waals surface area contributed by atoms with E-state index < -0.39 is 5.97 Å².